The third-order valence-corrected chi connectivity index (χ3v) is 3.17. The molecule has 1 aliphatic rings. The van der Waals surface area contributed by atoms with Crippen LogP contribution in [0.15, 0.2) is 22.7 Å². The number of aliphatic hydroxyl groups excluding tert-OH is 1. The number of hydrogen-bond acceptors (Lipinski definition) is 4. The van der Waals surface area contributed by atoms with E-state index in [4.69, 9.17) is 4.52 Å². The summed E-state index contributed by atoms with van der Waals surface area (Å²) in [5, 5.41) is 16.3. The van der Waals surface area contributed by atoms with E-state index in [0.29, 0.717) is 11.3 Å². The highest BCUT2D eigenvalue weighted by atomic mass is 16.5. The first-order valence-corrected chi connectivity index (χ1v) is 5.64. The minimum Gasteiger partial charge on any atom is -0.378 e. The minimum absolute atomic E-state index is 0.388. The van der Waals surface area contributed by atoms with Crippen LogP contribution in [0.1, 0.15) is 23.1 Å². The van der Waals surface area contributed by atoms with Crippen molar-refractivity contribution in [3.63, 3.8) is 0 Å². The number of anilines is 1. The van der Waals surface area contributed by atoms with Crippen molar-refractivity contribution >= 4 is 11.6 Å². The fourth-order valence-corrected chi connectivity index (χ4v) is 2.30. The van der Waals surface area contributed by atoms with Crippen LogP contribution in [-0.2, 0) is 4.79 Å². The first kappa shape index (κ1) is 11.0. The molecule has 0 fully saturated rings. The molecule has 0 saturated carbocycles. The Morgan fingerprint density at radius 3 is 2.83 bits per heavy atom. The number of carbonyl (C=O) groups is 1. The molecule has 5 heteroatoms. The van der Waals surface area contributed by atoms with Crippen LogP contribution in [0.2, 0.25) is 0 Å². The molecule has 1 aromatic heterocycles. The maximum Gasteiger partial charge on any atom is 0.257 e. The number of amides is 1. The van der Waals surface area contributed by atoms with Gasteiger partial charge in [0.05, 0.1) is 5.69 Å². The van der Waals surface area contributed by atoms with E-state index in [1.807, 2.05) is 19.9 Å². The standard InChI is InChI=1S/C13H12N2O3/c1-6-11(7(2)18-15-6)8-3-4-10-9(5-8)12(16)13(17)14-10/h3-5,12,16H,1-2H3,(H,14,17). The maximum atomic E-state index is 11.4. The van der Waals surface area contributed by atoms with E-state index in [1.54, 1.807) is 12.1 Å². The Balaban J connectivity index is 2.15. The first-order chi connectivity index (χ1) is 8.58. The third kappa shape index (κ3) is 1.44. The van der Waals surface area contributed by atoms with E-state index in [0.717, 1.165) is 22.6 Å². The van der Waals surface area contributed by atoms with Gasteiger partial charge in [0, 0.05) is 16.8 Å². The molecule has 5 nitrogen and oxygen atoms in total. The molecule has 1 aromatic carbocycles. The van der Waals surface area contributed by atoms with Crippen LogP contribution in [-0.4, -0.2) is 16.2 Å². The summed E-state index contributed by atoms with van der Waals surface area (Å²) in [6.45, 7) is 3.70. The van der Waals surface area contributed by atoms with Gasteiger partial charge in [0.15, 0.2) is 6.10 Å². The van der Waals surface area contributed by atoms with Crippen molar-refractivity contribution in [1.82, 2.24) is 5.16 Å². The van der Waals surface area contributed by atoms with Gasteiger partial charge in [-0.2, -0.15) is 0 Å². The Kier molecular flexibility index (Phi) is 2.24. The molecule has 92 valence electrons. The van der Waals surface area contributed by atoms with Crippen LogP contribution in [0.3, 0.4) is 0 Å². The smallest absolute Gasteiger partial charge is 0.257 e. The number of fused-ring (bicyclic) bond motifs is 1. The Morgan fingerprint density at radius 1 is 1.39 bits per heavy atom. The Labute approximate surface area is 103 Å². The molecular formula is C13H12N2O3. The van der Waals surface area contributed by atoms with Gasteiger partial charge in [-0.3, -0.25) is 4.79 Å². The molecule has 0 radical (unpaired) electrons. The lowest BCUT2D eigenvalue weighted by molar-refractivity contribution is -0.123. The Hall–Kier alpha value is -2.14. The summed E-state index contributed by atoms with van der Waals surface area (Å²) in [5.74, 6) is 0.333. The van der Waals surface area contributed by atoms with Gasteiger partial charge in [-0.15, -0.1) is 0 Å². The molecule has 2 aromatic rings. The summed E-state index contributed by atoms with van der Waals surface area (Å²) in [6.07, 6.45) is -1.10. The van der Waals surface area contributed by atoms with Crippen molar-refractivity contribution in [3.05, 3.63) is 35.2 Å². The van der Waals surface area contributed by atoms with E-state index in [9.17, 15) is 9.90 Å². The average molecular weight is 244 g/mol. The SMILES string of the molecule is Cc1noc(C)c1-c1ccc2c(c1)C(O)C(=O)N2. The monoisotopic (exact) mass is 244 g/mol. The summed E-state index contributed by atoms with van der Waals surface area (Å²) in [4.78, 5) is 11.4. The Morgan fingerprint density at radius 2 is 2.17 bits per heavy atom. The molecule has 2 heterocycles. The quantitative estimate of drug-likeness (QED) is 0.803. The largest absolute Gasteiger partial charge is 0.378 e. The van der Waals surface area contributed by atoms with Gasteiger partial charge < -0.3 is 14.9 Å². The number of hydrogen-bond donors (Lipinski definition) is 2. The molecule has 1 atom stereocenters. The van der Waals surface area contributed by atoms with Crippen molar-refractivity contribution < 1.29 is 14.4 Å². The van der Waals surface area contributed by atoms with Gasteiger partial charge in [0.25, 0.3) is 5.91 Å². The Bertz CT molecular complexity index is 626. The maximum absolute atomic E-state index is 11.4. The normalized spacial score (nSPS) is 17.7. The van der Waals surface area contributed by atoms with Crippen molar-refractivity contribution in [2.45, 2.75) is 20.0 Å². The molecule has 0 aliphatic carbocycles. The minimum atomic E-state index is -1.10. The molecule has 2 N–H and O–H groups in total. The van der Waals surface area contributed by atoms with Crippen molar-refractivity contribution in [3.8, 4) is 11.1 Å². The summed E-state index contributed by atoms with van der Waals surface area (Å²) >= 11 is 0. The molecule has 0 bridgehead atoms. The van der Waals surface area contributed by atoms with Gasteiger partial charge in [-0.1, -0.05) is 11.2 Å². The number of aliphatic hydroxyl groups is 1. The molecule has 0 saturated heterocycles. The molecular weight excluding hydrogens is 232 g/mol. The van der Waals surface area contributed by atoms with Crippen molar-refractivity contribution in [2.75, 3.05) is 5.32 Å². The zero-order valence-electron chi connectivity index (χ0n) is 10.0. The van der Waals surface area contributed by atoms with Crippen LogP contribution in [0.5, 0.6) is 0 Å². The van der Waals surface area contributed by atoms with Crippen LogP contribution in [0.25, 0.3) is 11.1 Å². The van der Waals surface area contributed by atoms with Gasteiger partial charge >= 0.3 is 0 Å². The molecule has 1 aliphatic heterocycles. The highest BCUT2D eigenvalue weighted by molar-refractivity contribution is 6.02. The van der Waals surface area contributed by atoms with E-state index in [-0.39, 0.29) is 5.91 Å². The number of rotatable bonds is 1. The first-order valence-electron chi connectivity index (χ1n) is 5.64. The predicted octanol–water partition coefficient (Wildman–Crippen LogP) is 1.94. The van der Waals surface area contributed by atoms with Crippen LogP contribution >= 0.6 is 0 Å². The summed E-state index contributed by atoms with van der Waals surface area (Å²) in [5.41, 5.74) is 3.84. The van der Waals surface area contributed by atoms with E-state index < -0.39 is 6.10 Å². The number of aryl methyl sites for hydroxylation is 2. The fraction of sp³-hybridized carbons (Fsp3) is 0.231. The summed E-state index contributed by atoms with van der Waals surface area (Å²) in [7, 11) is 0. The third-order valence-electron chi connectivity index (χ3n) is 3.17. The average Bonchev–Trinajstić information content (AvgIpc) is 2.82. The lowest BCUT2D eigenvalue weighted by Crippen LogP contribution is -2.10. The van der Waals surface area contributed by atoms with Crippen molar-refractivity contribution in [2.24, 2.45) is 0 Å². The lowest BCUT2D eigenvalue weighted by Gasteiger charge is -2.05. The number of carbonyl (C=O) groups excluding carboxylic acids is 1. The van der Waals surface area contributed by atoms with Crippen molar-refractivity contribution in [1.29, 1.82) is 0 Å². The zero-order valence-corrected chi connectivity index (χ0v) is 10.0. The molecule has 1 amide bonds. The van der Waals surface area contributed by atoms with Crippen LogP contribution in [0.4, 0.5) is 5.69 Å². The summed E-state index contributed by atoms with van der Waals surface area (Å²) in [6, 6.07) is 5.46. The lowest BCUT2D eigenvalue weighted by atomic mass is 10.00. The summed E-state index contributed by atoms with van der Waals surface area (Å²) < 4.78 is 5.12. The predicted molar refractivity (Wildman–Crippen MR) is 65.0 cm³/mol. The second-order valence-corrected chi connectivity index (χ2v) is 4.39. The number of benzene rings is 1. The van der Waals surface area contributed by atoms with Gasteiger partial charge in [-0.25, -0.2) is 0 Å². The van der Waals surface area contributed by atoms with Crippen LogP contribution < -0.4 is 5.32 Å². The second kappa shape index (κ2) is 3.68. The van der Waals surface area contributed by atoms with E-state index in [2.05, 4.69) is 10.5 Å². The second-order valence-electron chi connectivity index (χ2n) is 4.39. The topological polar surface area (TPSA) is 75.4 Å². The number of aromatic nitrogens is 1. The highest BCUT2D eigenvalue weighted by Gasteiger charge is 2.29. The zero-order chi connectivity index (χ0) is 12.9. The van der Waals surface area contributed by atoms with Gasteiger partial charge in [0.2, 0.25) is 0 Å². The van der Waals surface area contributed by atoms with Gasteiger partial charge in [-0.05, 0) is 31.5 Å². The molecule has 3 rings (SSSR count). The molecule has 1 unspecified atom stereocenters. The van der Waals surface area contributed by atoms with E-state index in [1.165, 1.54) is 0 Å². The highest BCUT2D eigenvalue weighted by Crippen LogP contribution is 2.36. The number of nitrogens with zero attached hydrogens (tertiary/aromatic N) is 1. The van der Waals surface area contributed by atoms with Crippen LogP contribution in [0, 0.1) is 13.8 Å². The molecule has 0 spiro atoms. The fourth-order valence-electron chi connectivity index (χ4n) is 2.30. The van der Waals surface area contributed by atoms with Gasteiger partial charge in [0.1, 0.15) is 5.76 Å². The number of nitrogens with one attached hydrogen (secondary N) is 1. The van der Waals surface area contributed by atoms with E-state index >= 15 is 0 Å². The molecule has 18 heavy (non-hydrogen) atoms.